The molecule has 0 radical (unpaired) electrons. The molecule has 1 saturated heterocycles. The molecular formula is C12H19IN2O5S. The van der Waals surface area contributed by atoms with Crippen molar-refractivity contribution in [3.05, 3.63) is 0 Å². The molecule has 1 heterocycles. The molecule has 0 spiro atoms. The summed E-state index contributed by atoms with van der Waals surface area (Å²) in [7, 11) is 0. The van der Waals surface area contributed by atoms with Crippen molar-refractivity contribution in [2.75, 3.05) is 12.3 Å². The number of aliphatic carboxylic acids is 1. The smallest absolute Gasteiger partial charge is 0.408 e. The molecule has 1 fully saturated rings. The van der Waals surface area contributed by atoms with Gasteiger partial charge in [-0.25, -0.2) is 4.79 Å². The highest BCUT2D eigenvalue weighted by atomic mass is 127. The number of carboxylic acid groups (broad SMARTS) is 1. The molecule has 21 heavy (non-hydrogen) atoms. The van der Waals surface area contributed by atoms with Crippen LogP contribution in [0.4, 0.5) is 4.79 Å². The van der Waals surface area contributed by atoms with Gasteiger partial charge in [0.25, 0.3) is 0 Å². The normalized spacial score (nSPS) is 24.3. The van der Waals surface area contributed by atoms with Crippen molar-refractivity contribution in [1.82, 2.24) is 7.84 Å². The third-order valence-corrected chi connectivity index (χ3v) is 4.74. The molecular weight excluding hydrogens is 411 g/mol. The van der Waals surface area contributed by atoms with Crippen LogP contribution in [0.1, 0.15) is 27.2 Å². The Balaban J connectivity index is 2.73. The van der Waals surface area contributed by atoms with Crippen LogP contribution in [0.2, 0.25) is 0 Å². The Morgan fingerprint density at radius 1 is 1.52 bits per heavy atom. The molecule has 2 unspecified atom stereocenters. The standard InChI is InChI=1S/C12H19IN2O5S/c1-12(2,3)20-11(19)14-8-6-21-15(13)5-7(10(8)18)4-9(16)17/h7-8H,4-6H2,1-3H3,(H,14,19)(H,16,17). The minimum atomic E-state index is -1.03. The van der Waals surface area contributed by atoms with Gasteiger partial charge in [-0.1, -0.05) is 11.9 Å². The van der Waals surface area contributed by atoms with E-state index in [0.717, 1.165) is 0 Å². The zero-order chi connectivity index (χ0) is 16.2. The van der Waals surface area contributed by atoms with Crippen LogP contribution in [0.5, 0.6) is 0 Å². The predicted molar refractivity (Wildman–Crippen MR) is 87.1 cm³/mol. The van der Waals surface area contributed by atoms with Crippen molar-refractivity contribution in [1.29, 1.82) is 0 Å². The molecule has 120 valence electrons. The zero-order valence-corrected chi connectivity index (χ0v) is 15.1. The average molecular weight is 430 g/mol. The molecule has 2 atom stereocenters. The molecule has 1 rings (SSSR count). The number of carbonyl (C=O) groups is 3. The number of amides is 1. The van der Waals surface area contributed by atoms with Gasteiger partial charge < -0.3 is 15.2 Å². The fraction of sp³-hybridized carbons (Fsp3) is 0.750. The Morgan fingerprint density at radius 3 is 2.67 bits per heavy atom. The first-order chi connectivity index (χ1) is 9.58. The maximum atomic E-state index is 12.4. The van der Waals surface area contributed by atoms with E-state index in [2.05, 4.69) is 5.32 Å². The highest BCUT2D eigenvalue weighted by Gasteiger charge is 2.35. The summed E-state index contributed by atoms with van der Waals surface area (Å²) in [6.07, 6.45) is -0.914. The Morgan fingerprint density at radius 2 is 2.14 bits per heavy atom. The number of hydrogen-bond donors (Lipinski definition) is 2. The molecule has 2 N–H and O–H groups in total. The van der Waals surface area contributed by atoms with Crippen molar-refractivity contribution >= 4 is 52.7 Å². The monoisotopic (exact) mass is 430 g/mol. The fourth-order valence-electron chi connectivity index (χ4n) is 1.78. The van der Waals surface area contributed by atoms with Gasteiger partial charge in [0, 0.05) is 41.1 Å². The average Bonchev–Trinajstić information content (AvgIpc) is 2.40. The molecule has 0 aromatic rings. The molecule has 0 bridgehead atoms. The third kappa shape index (κ3) is 6.83. The lowest BCUT2D eigenvalue weighted by Crippen LogP contribution is -2.47. The molecule has 0 saturated carbocycles. The lowest BCUT2D eigenvalue weighted by atomic mass is 9.96. The van der Waals surface area contributed by atoms with Crippen molar-refractivity contribution in [3.63, 3.8) is 0 Å². The number of ketones is 1. The largest absolute Gasteiger partial charge is 0.481 e. The van der Waals surface area contributed by atoms with E-state index in [1.54, 1.807) is 23.3 Å². The number of ether oxygens (including phenoxy) is 1. The topological polar surface area (TPSA) is 95.9 Å². The number of hydrogen-bond acceptors (Lipinski definition) is 6. The van der Waals surface area contributed by atoms with E-state index in [9.17, 15) is 14.4 Å². The number of Topliss-reactive ketones (excluding diaryl/α,β-unsaturated/α-hetero) is 1. The van der Waals surface area contributed by atoms with E-state index in [1.807, 2.05) is 22.9 Å². The first kappa shape index (κ1) is 18.5. The van der Waals surface area contributed by atoms with Crippen LogP contribution >= 0.6 is 34.8 Å². The van der Waals surface area contributed by atoms with Crippen LogP contribution in [0.25, 0.3) is 0 Å². The van der Waals surface area contributed by atoms with Gasteiger partial charge in [0.1, 0.15) is 11.6 Å². The van der Waals surface area contributed by atoms with Crippen LogP contribution in [-0.2, 0) is 14.3 Å². The first-order valence-corrected chi connectivity index (χ1v) is 8.30. The molecule has 9 heteroatoms. The maximum Gasteiger partial charge on any atom is 0.408 e. The van der Waals surface area contributed by atoms with Crippen molar-refractivity contribution in [3.8, 4) is 0 Å². The summed E-state index contributed by atoms with van der Waals surface area (Å²) < 4.78 is 6.92. The van der Waals surface area contributed by atoms with E-state index in [1.165, 1.54) is 11.9 Å². The second-order valence-electron chi connectivity index (χ2n) is 5.69. The summed E-state index contributed by atoms with van der Waals surface area (Å²) in [4.78, 5) is 35.0. The van der Waals surface area contributed by atoms with Gasteiger partial charge >= 0.3 is 12.1 Å². The number of alkyl carbamates (subject to hydrolysis) is 1. The minimum absolute atomic E-state index is 0.245. The van der Waals surface area contributed by atoms with Crippen molar-refractivity contribution in [2.45, 2.75) is 38.8 Å². The lowest BCUT2D eigenvalue weighted by Gasteiger charge is -2.23. The van der Waals surface area contributed by atoms with Crippen LogP contribution in [0, 0.1) is 5.92 Å². The molecule has 1 aliphatic heterocycles. The van der Waals surface area contributed by atoms with Crippen LogP contribution in [0.15, 0.2) is 0 Å². The molecule has 0 aliphatic carbocycles. The number of nitrogens with zero attached hydrogens (tertiary/aromatic N) is 1. The summed E-state index contributed by atoms with van der Waals surface area (Å²) in [6.45, 7) is 5.53. The van der Waals surface area contributed by atoms with E-state index >= 15 is 0 Å². The maximum absolute atomic E-state index is 12.4. The fourth-order valence-corrected chi connectivity index (χ4v) is 3.58. The Labute approximate surface area is 141 Å². The molecule has 1 aliphatic rings. The third-order valence-electron chi connectivity index (χ3n) is 2.60. The molecule has 0 aromatic carbocycles. The first-order valence-electron chi connectivity index (χ1n) is 6.40. The molecule has 7 nitrogen and oxygen atoms in total. The minimum Gasteiger partial charge on any atom is -0.481 e. The molecule has 0 aromatic heterocycles. The van der Waals surface area contributed by atoms with Crippen LogP contribution in [-0.4, -0.2) is 49.4 Å². The quantitative estimate of drug-likeness (QED) is 0.401. The summed E-state index contributed by atoms with van der Waals surface area (Å²) in [5, 5.41) is 11.4. The molecule has 1 amide bonds. The Bertz CT molecular complexity index is 426. The Hall–Kier alpha value is -0.550. The number of carboxylic acids is 1. The highest BCUT2D eigenvalue weighted by Crippen LogP contribution is 2.26. The van der Waals surface area contributed by atoms with Gasteiger partial charge in [0.15, 0.2) is 5.78 Å². The van der Waals surface area contributed by atoms with E-state index in [0.29, 0.717) is 12.3 Å². The van der Waals surface area contributed by atoms with E-state index < -0.39 is 29.6 Å². The highest BCUT2D eigenvalue weighted by molar-refractivity contribution is 14.1. The number of nitrogens with one attached hydrogen (secondary N) is 1. The second kappa shape index (κ2) is 7.63. The SMILES string of the molecule is CC(C)(C)OC(=O)NC1CSN(I)CC(CC(=O)O)C1=O. The van der Waals surface area contributed by atoms with Gasteiger partial charge in [0.2, 0.25) is 0 Å². The van der Waals surface area contributed by atoms with E-state index in [4.69, 9.17) is 9.84 Å². The number of rotatable bonds is 3. The van der Waals surface area contributed by atoms with Gasteiger partial charge in [-0.3, -0.25) is 9.59 Å². The summed E-state index contributed by atoms with van der Waals surface area (Å²) >= 11 is 3.40. The van der Waals surface area contributed by atoms with Gasteiger partial charge in [-0.2, -0.15) is 2.52 Å². The predicted octanol–water partition coefficient (Wildman–Crippen LogP) is 1.85. The van der Waals surface area contributed by atoms with E-state index in [-0.39, 0.29) is 12.2 Å². The van der Waals surface area contributed by atoms with Gasteiger partial charge in [-0.05, 0) is 20.8 Å². The van der Waals surface area contributed by atoms with Crippen molar-refractivity contribution < 1.29 is 24.2 Å². The lowest BCUT2D eigenvalue weighted by molar-refractivity contribution is -0.140. The van der Waals surface area contributed by atoms with Crippen LogP contribution < -0.4 is 5.32 Å². The van der Waals surface area contributed by atoms with Crippen LogP contribution in [0.3, 0.4) is 0 Å². The number of carbonyl (C=O) groups excluding carboxylic acids is 2. The summed E-state index contributed by atoms with van der Waals surface area (Å²) in [5.41, 5.74) is -0.652. The second-order valence-corrected chi connectivity index (χ2v) is 8.54. The van der Waals surface area contributed by atoms with Gasteiger partial charge in [0.05, 0.1) is 6.42 Å². The number of halogens is 1. The van der Waals surface area contributed by atoms with Gasteiger partial charge in [-0.15, -0.1) is 0 Å². The summed E-state index contributed by atoms with van der Waals surface area (Å²) in [5.74, 6) is -1.58. The zero-order valence-electron chi connectivity index (χ0n) is 12.1. The van der Waals surface area contributed by atoms with Crippen molar-refractivity contribution in [2.24, 2.45) is 5.92 Å². The summed E-state index contributed by atoms with van der Waals surface area (Å²) in [6, 6.07) is -0.742. The Kier molecular flexibility index (Phi) is 6.72.